The fraction of sp³-hybridized carbons (Fsp3) is 0.481. The summed E-state index contributed by atoms with van der Waals surface area (Å²) in [6.07, 6.45) is 10.4. The van der Waals surface area contributed by atoms with Crippen molar-refractivity contribution in [1.82, 2.24) is 4.90 Å². The molecule has 1 heterocycles. The zero-order chi connectivity index (χ0) is 20.8. The van der Waals surface area contributed by atoms with Crippen molar-refractivity contribution in [3.8, 4) is 5.75 Å². The first-order chi connectivity index (χ1) is 14.8. The fourth-order valence-electron chi connectivity index (χ4n) is 5.02. The Bertz CT molecular complexity index is 852. The molecule has 160 valence electrons. The van der Waals surface area contributed by atoms with E-state index in [4.69, 9.17) is 10.5 Å². The van der Waals surface area contributed by atoms with Crippen LogP contribution in [0.3, 0.4) is 0 Å². The number of nitrogens with two attached hydrogens (primary N) is 1. The number of hydrogen-bond donors (Lipinski definition) is 1. The van der Waals surface area contributed by atoms with Gasteiger partial charge in [-0.1, -0.05) is 55.8 Å². The first kappa shape index (κ1) is 21.1. The van der Waals surface area contributed by atoms with E-state index in [1.807, 2.05) is 0 Å². The molecule has 1 saturated heterocycles. The van der Waals surface area contributed by atoms with Crippen LogP contribution in [0.25, 0.3) is 12.2 Å². The molecule has 1 atom stereocenters. The molecule has 2 aromatic rings. The number of rotatable bonds is 8. The van der Waals surface area contributed by atoms with Crippen molar-refractivity contribution in [1.29, 1.82) is 0 Å². The van der Waals surface area contributed by atoms with Gasteiger partial charge in [0.2, 0.25) is 0 Å². The molecular weight excluding hydrogens is 368 g/mol. The van der Waals surface area contributed by atoms with Crippen molar-refractivity contribution in [2.24, 2.45) is 11.7 Å². The van der Waals surface area contributed by atoms with Crippen LogP contribution in [0.15, 0.2) is 42.5 Å². The summed E-state index contributed by atoms with van der Waals surface area (Å²) in [7, 11) is 0. The second-order valence-electron chi connectivity index (χ2n) is 8.75. The molecule has 1 aliphatic carbocycles. The number of unbranched alkanes of at least 4 members (excludes halogenated alkanes) is 1. The summed E-state index contributed by atoms with van der Waals surface area (Å²) in [4.78, 5) is 2.59. The van der Waals surface area contributed by atoms with Crippen LogP contribution in [0.1, 0.15) is 67.2 Å². The highest BCUT2D eigenvalue weighted by molar-refractivity contribution is 5.77. The van der Waals surface area contributed by atoms with Gasteiger partial charge in [-0.15, -0.1) is 0 Å². The van der Waals surface area contributed by atoms with Crippen molar-refractivity contribution < 1.29 is 4.74 Å². The van der Waals surface area contributed by atoms with Crippen LogP contribution in [-0.2, 0) is 0 Å². The van der Waals surface area contributed by atoms with Crippen molar-refractivity contribution in [3.63, 3.8) is 0 Å². The minimum Gasteiger partial charge on any atom is -0.494 e. The van der Waals surface area contributed by atoms with Crippen molar-refractivity contribution in [2.45, 2.75) is 44.9 Å². The highest BCUT2D eigenvalue weighted by atomic mass is 16.5. The lowest BCUT2D eigenvalue weighted by Crippen LogP contribution is -2.37. The maximum Gasteiger partial charge on any atom is 0.119 e. The molecule has 4 rings (SSSR count). The molecule has 2 N–H and O–H groups in total. The summed E-state index contributed by atoms with van der Waals surface area (Å²) in [5.74, 6) is 2.10. The van der Waals surface area contributed by atoms with E-state index in [2.05, 4.69) is 66.4 Å². The minimum absolute atomic E-state index is 0.428. The van der Waals surface area contributed by atoms with E-state index in [1.54, 1.807) is 0 Å². The zero-order valence-corrected chi connectivity index (χ0v) is 18.4. The van der Waals surface area contributed by atoms with Gasteiger partial charge in [-0.3, -0.25) is 0 Å². The number of likely N-dealkylation sites (tertiary alicyclic amines) is 1. The second-order valence-corrected chi connectivity index (χ2v) is 8.75. The first-order valence-electron chi connectivity index (χ1n) is 11.8. The van der Waals surface area contributed by atoms with Crippen LogP contribution in [0.2, 0.25) is 0 Å². The average molecular weight is 405 g/mol. The smallest absolute Gasteiger partial charge is 0.119 e. The molecule has 0 saturated carbocycles. The number of nitrogens with zero attached hydrogens (tertiary/aromatic N) is 1. The lowest BCUT2D eigenvalue weighted by Gasteiger charge is -2.37. The molecule has 1 aliphatic heterocycles. The maximum atomic E-state index is 6.09. The Morgan fingerprint density at radius 3 is 2.50 bits per heavy atom. The predicted molar refractivity (Wildman–Crippen MR) is 127 cm³/mol. The summed E-state index contributed by atoms with van der Waals surface area (Å²) in [5, 5.41) is 0. The largest absolute Gasteiger partial charge is 0.494 e. The highest BCUT2D eigenvalue weighted by Gasteiger charge is 2.32. The summed E-state index contributed by atoms with van der Waals surface area (Å²) >= 11 is 0. The summed E-state index contributed by atoms with van der Waals surface area (Å²) in [5.41, 5.74) is 11.3. The molecule has 0 amide bonds. The van der Waals surface area contributed by atoms with E-state index >= 15 is 0 Å². The molecule has 2 aliphatic rings. The van der Waals surface area contributed by atoms with Gasteiger partial charge < -0.3 is 15.4 Å². The molecule has 3 heteroatoms. The molecule has 3 nitrogen and oxygen atoms in total. The van der Waals surface area contributed by atoms with Gasteiger partial charge in [0, 0.05) is 5.92 Å². The molecule has 1 unspecified atom stereocenters. The number of benzene rings is 2. The summed E-state index contributed by atoms with van der Waals surface area (Å²) in [6, 6.07) is 15.7. The van der Waals surface area contributed by atoms with Crippen LogP contribution in [0, 0.1) is 5.92 Å². The monoisotopic (exact) mass is 404 g/mol. The molecule has 0 aromatic heterocycles. The van der Waals surface area contributed by atoms with Crippen molar-refractivity contribution >= 4 is 12.2 Å². The average Bonchev–Trinajstić information content (AvgIpc) is 2.95. The van der Waals surface area contributed by atoms with Crippen LogP contribution in [-0.4, -0.2) is 37.7 Å². The second kappa shape index (κ2) is 10.3. The predicted octanol–water partition coefficient (Wildman–Crippen LogP) is 5.54. The summed E-state index contributed by atoms with van der Waals surface area (Å²) in [6.45, 7) is 7.29. The van der Waals surface area contributed by atoms with Crippen LogP contribution >= 0.6 is 0 Å². The van der Waals surface area contributed by atoms with Gasteiger partial charge in [0.1, 0.15) is 5.75 Å². The zero-order valence-electron chi connectivity index (χ0n) is 18.4. The van der Waals surface area contributed by atoms with E-state index in [1.165, 1.54) is 48.2 Å². The first-order valence-corrected chi connectivity index (χ1v) is 11.8. The van der Waals surface area contributed by atoms with Gasteiger partial charge in [0.05, 0.1) is 6.61 Å². The molecule has 0 bridgehead atoms. The number of ether oxygens (including phenoxy) is 1. The van der Waals surface area contributed by atoms with E-state index in [0.717, 1.165) is 44.7 Å². The lowest BCUT2D eigenvalue weighted by molar-refractivity contribution is 0.174. The number of hydrogen-bond acceptors (Lipinski definition) is 3. The van der Waals surface area contributed by atoms with Gasteiger partial charge in [-0.2, -0.15) is 0 Å². The lowest BCUT2D eigenvalue weighted by atomic mass is 9.74. The highest BCUT2D eigenvalue weighted by Crippen LogP contribution is 2.44. The molecule has 30 heavy (non-hydrogen) atoms. The molecule has 0 radical (unpaired) electrons. The van der Waals surface area contributed by atoms with Crippen molar-refractivity contribution in [3.05, 3.63) is 64.7 Å². The van der Waals surface area contributed by atoms with Gasteiger partial charge in [-0.25, -0.2) is 0 Å². The summed E-state index contributed by atoms with van der Waals surface area (Å²) < 4.78 is 6.09. The van der Waals surface area contributed by atoms with Gasteiger partial charge in [-0.05, 0) is 92.2 Å². The van der Waals surface area contributed by atoms with E-state index in [0.29, 0.717) is 11.8 Å². The van der Waals surface area contributed by atoms with Crippen LogP contribution in [0.5, 0.6) is 5.75 Å². The molecular formula is C27H36N2O. The Morgan fingerprint density at radius 2 is 1.73 bits per heavy atom. The Labute approximate surface area is 181 Å². The van der Waals surface area contributed by atoms with Gasteiger partial charge >= 0.3 is 0 Å². The fourth-order valence-corrected chi connectivity index (χ4v) is 5.02. The quantitative estimate of drug-likeness (QED) is 0.587. The van der Waals surface area contributed by atoms with Crippen LogP contribution in [0.4, 0.5) is 0 Å². The van der Waals surface area contributed by atoms with Crippen molar-refractivity contribution in [2.75, 3.05) is 32.8 Å². The van der Waals surface area contributed by atoms with E-state index in [9.17, 15) is 0 Å². The number of piperidine rings is 1. The Balaban J connectivity index is 1.63. The third kappa shape index (κ3) is 4.79. The molecule has 0 spiro atoms. The van der Waals surface area contributed by atoms with Crippen LogP contribution < -0.4 is 10.5 Å². The Hall–Kier alpha value is -2.10. The SMILES string of the molecule is CCCCOc1ccc2c(c1)C(C1CCN(CCCN)CC1)c1ccccc1C=C2. The maximum absolute atomic E-state index is 6.09. The van der Waals surface area contributed by atoms with Gasteiger partial charge in [0.15, 0.2) is 0 Å². The molecule has 2 aromatic carbocycles. The minimum atomic E-state index is 0.428. The normalized spacial score (nSPS) is 19.2. The van der Waals surface area contributed by atoms with E-state index < -0.39 is 0 Å². The topological polar surface area (TPSA) is 38.5 Å². The third-order valence-electron chi connectivity index (χ3n) is 6.72. The Kier molecular flexibility index (Phi) is 7.24. The third-order valence-corrected chi connectivity index (χ3v) is 6.72. The number of fused-ring (bicyclic) bond motifs is 2. The van der Waals surface area contributed by atoms with Gasteiger partial charge in [0.25, 0.3) is 0 Å². The van der Waals surface area contributed by atoms with E-state index in [-0.39, 0.29) is 0 Å². The Morgan fingerprint density at radius 1 is 0.967 bits per heavy atom. The standard InChI is InChI=1S/C27H36N2O/c1-2-3-19-30-24-12-11-22-10-9-21-7-4-5-8-25(21)27(26(22)20-24)23-13-17-29(18-14-23)16-6-15-28/h4-5,7-12,20,23,27H,2-3,6,13-19,28H2,1H3. The molecule has 1 fully saturated rings.